The van der Waals surface area contributed by atoms with Gasteiger partial charge < -0.3 is 13.7 Å². The highest BCUT2D eigenvalue weighted by molar-refractivity contribution is 6.11. The maximum absolute atomic E-state index is 6.37. The maximum Gasteiger partial charge on any atom is 0.227 e. The molecule has 4 heteroatoms. The molecule has 8 aromatic carbocycles. The summed E-state index contributed by atoms with van der Waals surface area (Å²) in [4.78, 5) is 7.37. The largest absolute Gasteiger partial charge is 0.456 e. The monoisotopic (exact) mass is 654 g/mol. The molecule has 2 aromatic heterocycles. The van der Waals surface area contributed by atoms with Gasteiger partial charge in [0.05, 0.1) is 5.69 Å². The Morgan fingerprint density at radius 3 is 1.67 bits per heavy atom. The fourth-order valence-corrected chi connectivity index (χ4v) is 7.20. The van der Waals surface area contributed by atoms with E-state index in [1.165, 1.54) is 16.7 Å². The number of benzene rings is 8. The standard InChI is InChI=1S/C47H30N2O2/c1-3-10-31(11-4-1)33-18-20-35(21-19-33)47-48-46-41-15-9-16-42(38(41)28-29-44(46)51-47)49(36-24-22-34(23-25-36)32-12-5-2-6-13-32)37-26-27-40-39-14-7-8-17-43(39)50-45(40)30-37/h1-30H. The van der Waals surface area contributed by atoms with Crippen molar-refractivity contribution in [1.82, 2.24) is 4.98 Å². The van der Waals surface area contributed by atoms with Gasteiger partial charge in [-0.25, -0.2) is 4.98 Å². The average molecular weight is 655 g/mol. The van der Waals surface area contributed by atoms with Crippen molar-refractivity contribution >= 4 is 60.9 Å². The topological polar surface area (TPSA) is 42.4 Å². The minimum atomic E-state index is 0.603. The number of hydrogen-bond donors (Lipinski definition) is 0. The van der Waals surface area contributed by atoms with Crippen LogP contribution >= 0.6 is 0 Å². The molecule has 0 atom stereocenters. The molecule has 0 amide bonds. The minimum Gasteiger partial charge on any atom is -0.456 e. The van der Waals surface area contributed by atoms with Crippen molar-refractivity contribution in [3.8, 4) is 33.7 Å². The third-order valence-electron chi connectivity index (χ3n) is 9.73. The molecular formula is C47H30N2O2. The molecule has 0 N–H and O–H groups in total. The van der Waals surface area contributed by atoms with Crippen LogP contribution in [0.5, 0.6) is 0 Å². The molecule has 51 heavy (non-hydrogen) atoms. The minimum absolute atomic E-state index is 0.603. The first-order valence-corrected chi connectivity index (χ1v) is 17.1. The summed E-state index contributed by atoms with van der Waals surface area (Å²) >= 11 is 0. The van der Waals surface area contributed by atoms with E-state index in [9.17, 15) is 0 Å². The van der Waals surface area contributed by atoms with Crippen LogP contribution in [0, 0.1) is 0 Å². The SMILES string of the molecule is c1ccc(-c2ccc(-c3nc4c(ccc5c(N(c6ccc(-c7ccccc7)cc6)c6ccc7c(c6)oc6ccccc67)cccc54)o3)cc2)cc1. The van der Waals surface area contributed by atoms with E-state index in [4.69, 9.17) is 13.8 Å². The quantitative estimate of drug-likeness (QED) is 0.179. The lowest BCUT2D eigenvalue weighted by molar-refractivity contribution is 0.620. The number of hydrogen-bond acceptors (Lipinski definition) is 4. The highest BCUT2D eigenvalue weighted by Gasteiger charge is 2.20. The van der Waals surface area contributed by atoms with E-state index in [2.05, 4.69) is 157 Å². The molecule has 0 saturated carbocycles. The number of fused-ring (bicyclic) bond motifs is 6. The molecule has 0 bridgehead atoms. The van der Waals surface area contributed by atoms with E-state index in [-0.39, 0.29) is 0 Å². The van der Waals surface area contributed by atoms with Crippen molar-refractivity contribution in [2.24, 2.45) is 0 Å². The van der Waals surface area contributed by atoms with Crippen LogP contribution in [-0.2, 0) is 0 Å². The van der Waals surface area contributed by atoms with E-state index in [1.54, 1.807) is 0 Å². The molecule has 0 fully saturated rings. The van der Waals surface area contributed by atoms with E-state index < -0.39 is 0 Å². The predicted octanol–water partition coefficient (Wildman–Crippen LogP) is 13.4. The number of aromatic nitrogens is 1. The zero-order valence-corrected chi connectivity index (χ0v) is 27.5. The number of anilines is 3. The van der Waals surface area contributed by atoms with Crippen molar-refractivity contribution in [3.63, 3.8) is 0 Å². The Balaban J connectivity index is 1.11. The van der Waals surface area contributed by atoms with Gasteiger partial charge in [-0.15, -0.1) is 0 Å². The van der Waals surface area contributed by atoms with Crippen molar-refractivity contribution in [1.29, 1.82) is 0 Å². The van der Waals surface area contributed by atoms with Crippen LogP contribution in [0.1, 0.15) is 0 Å². The van der Waals surface area contributed by atoms with Crippen molar-refractivity contribution in [2.45, 2.75) is 0 Å². The maximum atomic E-state index is 6.37. The Bertz CT molecular complexity index is 2840. The fraction of sp³-hybridized carbons (Fsp3) is 0. The van der Waals surface area contributed by atoms with Gasteiger partial charge in [-0.2, -0.15) is 0 Å². The summed E-state index contributed by atoms with van der Waals surface area (Å²) in [5, 5.41) is 4.31. The Hall–Kier alpha value is -6.91. The normalized spacial score (nSPS) is 11.5. The highest BCUT2D eigenvalue weighted by atomic mass is 16.3. The summed E-state index contributed by atoms with van der Waals surface area (Å²) in [7, 11) is 0. The average Bonchev–Trinajstić information content (AvgIpc) is 3.81. The first kappa shape index (κ1) is 29.0. The van der Waals surface area contributed by atoms with Gasteiger partial charge in [0.25, 0.3) is 0 Å². The van der Waals surface area contributed by atoms with Crippen LogP contribution in [0.4, 0.5) is 17.1 Å². The lowest BCUT2D eigenvalue weighted by Gasteiger charge is -2.27. The number of rotatable bonds is 6. The zero-order chi connectivity index (χ0) is 33.7. The molecule has 10 rings (SSSR count). The van der Waals surface area contributed by atoms with Crippen molar-refractivity contribution < 1.29 is 8.83 Å². The summed E-state index contributed by atoms with van der Waals surface area (Å²) in [6, 6.07) is 63.3. The van der Waals surface area contributed by atoms with Crippen LogP contribution < -0.4 is 4.90 Å². The van der Waals surface area contributed by atoms with Crippen LogP contribution in [0.25, 0.3) is 77.5 Å². The van der Waals surface area contributed by atoms with Gasteiger partial charge in [0.15, 0.2) is 5.58 Å². The second-order valence-electron chi connectivity index (χ2n) is 12.8. The zero-order valence-electron chi connectivity index (χ0n) is 27.5. The van der Waals surface area contributed by atoms with E-state index >= 15 is 0 Å². The number of para-hydroxylation sites is 1. The molecule has 0 aliphatic heterocycles. The Morgan fingerprint density at radius 1 is 0.353 bits per heavy atom. The second-order valence-corrected chi connectivity index (χ2v) is 12.8. The molecule has 0 saturated heterocycles. The highest BCUT2D eigenvalue weighted by Crippen LogP contribution is 2.43. The van der Waals surface area contributed by atoms with Gasteiger partial charge in [0, 0.05) is 44.5 Å². The van der Waals surface area contributed by atoms with Crippen LogP contribution in [0.15, 0.2) is 191 Å². The Labute approximate surface area is 294 Å². The van der Waals surface area contributed by atoms with Gasteiger partial charge in [0.1, 0.15) is 16.7 Å². The summed E-state index contributed by atoms with van der Waals surface area (Å²) in [5.74, 6) is 0.603. The molecule has 0 aliphatic carbocycles. The third kappa shape index (κ3) is 5.04. The van der Waals surface area contributed by atoms with Gasteiger partial charge >= 0.3 is 0 Å². The van der Waals surface area contributed by atoms with E-state index in [0.29, 0.717) is 5.89 Å². The van der Waals surface area contributed by atoms with Crippen LogP contribution in [-0.4, -0.2) is 4.98 Å². The van der Waals surface area contributed by atoms with Gasteiger partial charge in [-0.3, -0.25) is 0 Å². The second kappa shape index (κ2) is 11.9. The van der Waals surface area contributed by atoms with Gasteiger partial charge in [-0.05, 0) is 82.9 Å². The molecule has 2 heterocycles. The van der Waals surface area contributed by atoms with E-state index in [0.717, 1.165) is 72.0 Å². The lowest BCUT2D eigenvalue weighted by Crippen LogP contribution is -2.10. The number of furan rings is 1. The molecule has 0 radical (unpaired) electrons. The van der Waals surface area contributed by atoms with Gasteiger partial charge in [0.2, 0.25) is 5.89 Å². The molecule has 0 unspecified atom stereocenters. The fourth-order valence-electron chi connectivity index (χ4n) is 7.20. The Morgan fingerprint density at radius 2 is 0.922 bits per heavy atom. The van der Waals surface area contributed by atoms with Crippen molar-refractivity contribution in [2.75, 3.05) is 4.90 Å². The number of nitrogens with zero attached hydrogens (tertiary/aromatic N) is 2. The first-order chi connectivity index (χ1) is 25.3. The molecule has 4 nitrogen and oxygen atoms in total. The van der Waals surface area contributed by atoms with Gasteiger partial charge in [-0.1, -0.05) is 115 Å². The lowest BCUT2D eigenvalue weighted by atomic mass is 10.0. The predicted molar refractivity (Wildman–Crippen MR) is 210 cm³/mol. The summed E-state index contributed by atoms with van der Waals surface area (Å²) in [6.07, 6.45) is 0. The molecular weight excluding hydrogens is 625 g/mol. The summed E-state index contributed by atoms with van der Waals surface area (Å²) in [5.41, 5.74) is 12.0. The molecule has 240 valence electrons. The summed E-state index contributed by atoms with van der Waals surface area (Å²) in [6.45, 7) is 0. The third-order valence-corrected chi connectivity index (χ3v) is 9.73. The van der Waals surface area contributed by atoms with Crippen molar-refractivity contribution in [3.05, 3.63) is 182 Å². The first-order valence-electron chi connectivity index (χ1n) is 17.1. The molecule has 0 spiro atoms. The Kier molecular flexibility index (Phi) is 6.78. The molecule has 10 aromatic rings. The molecule has 0 aliphatic rings. The smallest absolute Gasteiger partial charge is 0.227 e. The summed E-state index contributed by atoms with van der Waals surface area (Å²) < 4.78 is 12.7. The van der Waals surface area contributed by atoms with E-state index in [1.807, 2.05) is 30.3 Å². The van der Waals surface area contributed by atoms with Crippen LogP contribution in [0.2, 0.25) is 0 Å². The van der Waals surface area contributed by atoms with Crippen LogP contribution in [0.3, 0.4) is 0 Å². The number of oxazole rings is 1.